The summed E-state index contributed by atoms with van der Waals surface area (Å²) in [4.78, 5) is 18.5. The Morgan fingerprint density at radius 2 is 1.71 bits per heavy atom. The molecule has 0 radical (unpaired) electrons. The minimum absolute atomic E-state index is 0.0306. The van der Waals surface area contributed by atoms with E-state index in [-0.39, 0.29) is 10.8 Å². The van der Waals surface area contributed by atoms with Crippen molar-refractivity contribution in [1.29, 1.82) is 0 Å². The van der Waals surface area contributed by atoms with Crippen molar-refractivity contribution >= 4 is 38.9 Å². The molecule has 8 nitrogen and oxygen atoms in total. The van der Waals surface area contributed by atoms with E-state index in [1.54, 1.807) is 48.8 Å². The molecule has 1 aliphatic rings. The second kappa shape index (κ2) is 8.96. The minimum Gasteiger partial charge on any atom is -0.366 e. The smallest absolute Gasteiger partial charge is 0.292 e. The number of aromatic nitrogens is 3. The summed E-state index contributed by atoms with van der Waals surface area (Å²) in [7, 11) is -3.46. The topological polar surface area (TPSA) is 88.4 Å². The fraction of sp³-hybridized carbons (Fsp3) is 0.250. The van der Waals surface area contributed by atoms with Crippen LogP contribution >= 0.6 is 23.2 Å². The van der Waals surface area contributed by atoms with E-state index in [0.717, 1.165) is 0 Å². The first-order valence-electron chi connectivity index (χ1n) is 9.50. The third kappa shape index (κ3) is 4.74. The molecule has 2 aromatic heterocycles. The maximum Gasteiger partial charge on any atom is 0.292 e. The van der Waals surface area contributed by atoms with Crippen molar-refractivity contribution in [3.63, 3.8) is 0 Å². The molecule has 3 heterocycles. The van der Waals surface area contributed by atoms with Crippen molar-refractivity contribution in [3.8, 4) is 5.69 Å². The molecule has 0 spiro atoms. The molecule has 31 heavy (non-hydrogen) atoms. The number of rotatable bonds is 5. The number of anilines is 1. The Morgan fingerprint density at radius 1 is 1.00 bits per heavy atom. The monoisotopic (exact) mass is 479 g/mol. The number of hydrogen-bond donors (Lipinski definition) is 0. The lowest BCUT2D eigenvalue weighted by molar-refractivity contribution is 0.384. The predicted molar refractivity (Wildman–Crippen MR) is 121 cm³/mol. The Labute approximate surface area is 189 Å². The van der Waals surface area contributed by atoms with Gasteiger partial charge in [0.15, 0.2) is 0 Å². The van der Waals surface area contributed by atoms with Gasteiger partial charge in [-0.05, 0) is 35.9 Å². The lowest BCUT2D eigenvalue weighted by Gasteiger charge is -2.35. The fourth-order valence-electron chi connectivity index (χ4n) is 3.42. The summed E-state index contributed by atoms with van der Waals surface area (Å²) < 4.78 is 28.1. The van der Waals surface area contributed by atoms with E-state index in [1.807, 2.05) is 4.90 Å². The van der Waals surface area contributed by atoms with Gasteiger partial charge in [0.1, 0.15) is 5.02 Å². The van der Waals surface area contributed by atoms with Gasteiger partial charge in [0.2, 0.25) is 10.0 Å². The van der Waals surface area contributed by atoms with Gasteiger partial charge in [-0.1, -0.05) is 29.3 Å². The van der Waals surface area contributed by atoms with Crippen molar-refractivity contribution in [2.45, 2.75) is 5.75 Å². The molecule has 3 aromatic rings. The third-order valence-electron chi connectivity index (χ3n) is 5.02. The fourth-order valence-corrected chi connectivity index (χ4v) is 5.37. The Hall–Kier alpha value is -2.46. The number of piperazine rings is 1. The van der Waals surface area contributed by atoms with Gasteiger partial charge in [0, 0.05) is 43.6 Å². The van der Waals surface area contributed by atoms with E-state index < -0.39 is 15.6 Å². The molecule has 162 valence electrons. The van der Waals surface area contributed by atoms with Crippen molar-refractivity contribution in [2.75, 3.05) is 31.1 Å². The normalized spacial score (nSPS) is 15.2. The number of benzene rings is 1. The van der Waals surface area contributed by atoms with Gasteiger partial charge >= 0.3 is 0 Å². The molecular weight excluding hydrogens is 461 g/mol. The van der Waals surface area contributed by atoms with Crippen molar-refractivity contribution in [1.82, 2.24) is 19.1 Å². The molecule has 4 rings (SSSR count). The Morgan fingerprint density at radius 3 is 2.39 bits per heavy atom. The number of pyridine rings is 1. The zero-order valence-corrected chi connectivity index (χ0v) is 18.7. The highest BCUT2D eigenvalue weighted by Crippen LogP contribution is 2.24. The molecule has 0 N–H and O–H groups in total. The second-order valence-corrected chi connectivity index (χ2v) is 9.82. The Balaban J connectivity index is 1.49. The van der Waals surface area contributed by atoms with Gasteiger partial charge in [0.25, 0.3) is 5.56 Å². The van der Waals surface area contributed by atoms with Crippen LogP contribution in [0, 0.1) is 0 Å². The van der Waals surface area contributed by atoms with Gasteiger partial charge in [0.05, 0.1) is 23.3 Å². The third-order valence-corrected chi connectivity index (χ3v) is 7.46. The second-order valence-electron chi connectivity index (χ2n) is 7.04. The molecule has 0 bridgehead atoms. The van der Waals surface area contributed by atoms with Crippen LogP contribution in [0.25, 0.3) is 5.69 Å². The standard InChI is InChI=1S/C20H19Cl2N5O3S/c21-16-2-1-3-17(12-16)27-20(28)19(22)18(13-24-27)25-8-10-26(11-9-25)31(29,30)14-15-4-6-23-7-5-15/h1-7,12-13H,8-11,14H2. The van der Waals surface area contributed by atoms with Crippen LogP contribution in [0.3, 0.4) is 0 Å². The molecule has 0 amide bonds. The summed E-state index contributed by atoms with van der Waals surface area (Å²) in [6.45, 7) is 1.39. The summed E-state index contributed by atoms with van der Waals surface area (Å²) in [5, 5.41) is 4.74. The maximum atomic E-state index is 12.8. The van der Waals surface area contributed by atoms with Gasteiger partial charge in [-0.2, -0.15) is 14.1 Å². The molecule has 0 atom stereocenters. The molecule has 0 unspecified atom stereocenters. The number of halogens is 2. The average molecular weight is 480 g/mol. The van der Waals surface area contributed by atoms with Crippen LogP contribution in [0.5, 0.6) is 0 Å². The SMILES string of the molecule is O=c1c(Cl)c(N2CCN(S(=O)(=O)Cc3ccncc3)CC2)cnn1-c1cccc(Cl)c1. The lowest BCUT2D eigenvalue weighted by atomic mass is 10.3. The summed E-state index contributed by atoms with van der Waals surface area (Å²) in [5.74, 6) is -0.0759. The van der Waals surface area contributed by atoms with Crippen molar-refractivity contribution in [2.24, 2.45) is 0 Å². The van der Waals surface area contributed by atoms with Crippen LogP contribution < -0.4 is 10.5 Å². The molecule has 0 saturated carbocycles. The first-order chi connectivity index (χ1) is 14.8. The first kappa shape index (κ1) is 21.8. The molecule has 11 heteroatoms. The van der Waals surface area contributed by atoms with Crippen LogP contribution in [-0.2, 0) is 15.8 Å². The van der Waals surface area contributed by atoms with Crippen LogP contribution in [0.1, 0.15) is 5.56 Å². The summed E-state index contributed by atoms with van der Waals surface area (Å²) >= 11 is 12.4. The highest BCUT2D eigenvalue weighted by Gasteiger charge is 2.28. The minimum atomic E-state index is -3.46. The zero-order chi connectivity index (χ0) is 22.0. The molecule has 0 aliphatic carbocycles. The Bertz CT molecular complexity index is 1240. The van der Waals surface area contributed by atoms with Gasteiger partial charge in [-0.25, -0.2) is 8.42 Å². The van der Waals surface area contributed by atoms with Crippen LogP contribution in [-0.4, -0.2) is 53.7 Å². The summed E-state index contributed by atoms with van der Waals surface area (Å²) in [6, 6.07) is 10.1. The van der Waals surface area contributed by atoms with Crippen molar-refractivity contribution in [3.05, 3.63) is 81.0 Å². The molecule has 1 aromatic carbocycles. The predicted octanol–water partition coefficient (Wildman–Crippen LogP) is 2.59. The quantitative estimate of drug-likeness (QED) is 0.558. The van der Waals surface area contributed by atoms with E-state index in [4.69, 9.17) is 23.2 Å². The van der Waals surface area contributed by atoms with Gasteiger partial charge in [-0.3, -0.25) is 9.78 Å². The van der Waals surface area contributed by atoms with E-state index >= 15 is 0 Å². The Kier molecular flexibility index (Phi) is 6.29. The zero-order valence-electron chi connectivity index (χ0n) is 16.4. The van der Waals surface area contributed by atoms with Crippen LogP contribution in [0.2, 0.25) is 10.0 Å². The summed E-state index contributed by atoms with van der Waals surface area (Å²) in [6.07, 6.45) is 4.67. The van der Waals surface area contributed by atoms with E-state index in [2.05, 4.69) is 10.1 Å². The largest absolute Gasteiger partial charge is 0.366 e. The average Bonchev–Trinajstić information content (AvgIpc) is 2.76. The van der Waals surface area contributed by atoms with Crippen LogP contribution in [0.15, 0.2) is 59.8 Å². The van der Waals surface area contributed by atoms with E-state index in [0.29, 0.717) is 48.1 Å². The molecule has 1 saturated heterocycles. The number of nitrogens with zero attached hydrogens (tertiary/aromatic N) is 5. The van der Waals surface area contributed by atoms with Crippen LogP contribution in [0.4, 0.5) is 5.69 Å². The maximum absolute atomic E-state index is 12.8. The number of sulfonamides is 1. The molecular formula is C20H19Cl2N5O3S. The first-order valence-corrected chi connectivity index (χ1v) is 11.9. The lowest BCUT2D eigenvalue weighted by Crippen LogP contribution is -2.49. The van der Waals surface area contributed by atoms with E-state index in [9.17, 15) is 13.2 Å². The highest BCUT2D eigenvalue weighted by atomic mass is 35.5. The van der Waals surface area contributed by atoms with Gasteiger partial charge in [-0.15, -0.1) is 0 Å². The summed E-state index contributed by atoms with van der Waals surface area (Å²) in [5.41, 5.74) is 1.22. The van der Waals surface area contributed by atoms with E-state index in [1.165, 1.54) is 15.2 Å². The van der Waals surface area contributed by atoms with Gasteiger partial charge < -0.3 is 4.90 Å². The molecule has 1 fully saturated rings. The van der Waals surface area contributed by atoms with Crippen molar-refractivity contribution < 1.29 is 8.42 Å². The highest BCUT2D eigenvalue weighted by molar-refractivity contribution is 7.88. The number of hydrogen-bond acceptors (Lipinski definition) is 6. The molecule has 1 aliphatic heterocycles.